The summed E-state index contributed by atoms with van der Waals surface area (Å²) in [6, 6.07) is 0. The molecule has 0 saturated heterocycles. The highest BCUT2D eigenvalue weighted by Crippen LogP contribution is 2.14. The molecular formula is C20H42O4S. The summed E-state index contributed by atoms with van der Waals surface area (Å²) in [5.41, 5.74) is -1.44. The van der Waals surface area contributed by atoms with Gasteiger partial charge in [0.25, 0.3) is 10.1 Å². The third-order valence-electron chi connectivity index (χ3n) is 4.66. The summed E-state index contributed by atoms with van der Waals surface area (Å²) < 4.78 is 27.2. The molecule has 0 fully saturated rings. The maximum absolute atomic E-state index is 11.2. The number of aliphatic hydroxyl groups excluding tert-OH is 1. The van der Waals surface area contributed by atoms with Crippen LogP contribution >= 0.6 is 0 Å². The number of hydrogen-bond donors (Lipinski definition) is 1. The van der Waals surface area contributed by atoms with Crippen LogP contribution in [0.5, 0.6) is 0 Å². The second-order valence-corrected chi connectivity index (χ2v) is 9.12. The van der Waals surface area contributed by atoms with Crippen molar-refractivity contribution in [2.75, 3.05) is 6.61 Å². The number of aliphatic hydroxyl groups is 1. The van der Waals surface area contributed by atoms with Gasteiger partial charge in [0, 0.05) is 0 Å². The Balaban J connectivity index is 3.15. The Labute approximate surface area is 156 Å². The number of hydrogen-bond acceptors (Lipinski definition) is 4. The van der Waals surface area contributed by atoms with Crippen molar-refractivity contribution in [3.63, 3.8) is 0 Å². The molecule has 4 nitrogen and oxygen atoms in total. The molecule has 0 aromatic carbocycles. The Bertz CT molecular complexity index is 366. The van der Waals surface area contributed by atoms with Gasteiger partial charge in [-0.15, -0.1) is 0 Å². The maximum atomic E-state index is 11.2. The maximum Gasteiger partial charge on any atom is 0.294 e. The van der Waals surface area contributed by atoms with E-state index in [1.54, 1.807) is 0 Å². The van der Waals surface area contributed by atoms with Crippen molar-refractivity contribution in [3.8, 4) is 0 Å². The molecule has 0 aromatic rings. The summed E-state index contributed by atoms with van der Waals surface area (Å²) in [6.07, 6.45) is 20.6. The van der Waals surface area contributed by atoms with Crippen molar-refractivity contribution in [1.29, 1.82) is 0 Å². The Morgan fingerprint density at radius 2 is 1.00 bits per heavy atom. The predicted octanol–water partition coefficient (Wildman–Crippen LogP) is 5.93. The lowest BCUT2D eigenvalue weighted by molar-refractivity contribution is 0.223. The third-order valence-corrected chi connectivity index (χ3v) is 5.99. The van der Waals surface area contributed by atoms with Gasteiger partial charge in [0.2, 0.25) is 0 Å². The molecule has 0 aliphatic carbocycles. The average Bonchev–Trinajstić information content (AvgIpc) is 2.57. The van der Waals surface area contributed by atoms with Gasteiger partial charge in [-0.25, -0.2) is 0 Å². The first-order chi connectivity index (χ1) is 12.0. The minimum Gasteiger partial charge on any atom is -0.375 e. The molecule has 1 unspecified atom stereocenters. The monoisotopic (exact) mass is 378 g/mol. The highest BCUT2D eigenvalue weighted by Gasteiger charge is 2.17. The van der Waals surface area contributed by atoms with Gasteiger partial charge in [-0.05, 0) is 13.3 Å². The van der Waals surface area contributed by atoms with E-state index in [1.165, 1.54) is 90.4 Å². The lowest BCUT2D eigenvalue weighted by atomic mass is 10.0. The van der Waals surface area contributed by atoms with Crippen molar-refractivity contribution in [3.05, 3.63) is 0 Å². The van der Waals surface area contributed by atoms with Crippen molar-refractivity contribution in [2.45, 2.75) is 122 Å². The first-order valence-corrected chi connectivity index (χ1v) is 12.0. The molecular weight excluding hydrogens is 336 g/mol. The quantitative estimate of drug-likeness (QED) is 0.223. The van der Waals surface area contributed by atoms with Crippen molar-refractivity contribution in [1.82, 2.24) is 0 Å². The summed E-state index contributed by atoms with van der Waals surface area (Å²) in [7, 11) is -3.76. The van der Waals surface area contributed by atoms with Crippen LogP contribution in [0.15, 0.2) is 0 Å². The fraction of sp³-hybridized carbons (Fsp3) is 1.00. The van der Waals surface area contributed by atoms with Gasteiger partial charge in [0.1, 0.15) is 0 Å². The first-order valence-electron chi connectivity index (χ1n) is 10.6. The SMILES string of the molecule is CCCCCCCCCCCCCCCCCCOS(=O)(=O)C(C)O. The fourth-order valence-electron chi connectivity index (χ4n) is 2.92. The van der Waals surface area contributed by atoms with E-state index in [0.717, 1.165) is 19.3 Å². The van der Waals surface area contributed by atoms with Crippen LogP contribution in [0.25, 0.3) is 0 Å². The smallest absolute Gasteiger partial charge is 0.294 e. The van der Waals surface area contributed by atoms with E-state index < -0.39 is 15.6 Å². The molecule has 25 heavy (non-hydrogen) atoms. The zero-order valence-corrected chi connectivity index (χ0v) is 17.5. The zero-order valence-electron chi connectivity index (χ0n) is 16.7. The minimum atomic E-state index is -3.76. The minimum absolute atomic E-state index is 0.186. The molecule has 0 rings (SSSR count). The van der Waals surface area contributed by atoms with Crippen LogP contribution in [-0.4, -0.2) is 25.6 Å². The normalized spacial score (nSPS) is 13.2. The van der Waals surface area contributed by atoms with E-state index in [-0.39, 0.29) is 6.61 Å². The first kappa shape index (κ1) is 24.9. The highest BCUT2D eigenvalue weighted by atomic mass is 32.2. The summed E-state index contributed by atoms with van der Waals surface area (Å²) >= 11 is 0. The van der Waals surface area contributed by atoms with Crippen LogP contribution in [0, 0.1) is 0 Å². The molecule has 152 valence electrons. The van der Waals surface area contributed by atoms with Gasteiger partial charge in [0.15, 0.2) is 5.44 Å². The summed E-state index contributed by atoms with van der Waals surface area (Å²) in [5, 5.41) is 9.00. The second kappa shape index (κ2) is 17.3. The molecule has 0 amide bonds. The second-order valence-electron chi connectivity index (χ2n) is 7.22. The molecule has 0 heterocycles. The topological polar surface area (TPSA) is 63.6 Å². The van der Waals surface area contributed by atoms with Gasteiger partial charge in [-0.2, -0.15) is 8.42 Å². The van der Waals surface area contributed by atoms with Crippen LogP contribution < -0.4 is 0 Å². The predicted molar refractivity (Wildman–Crippen MR) is 106 cm³/mol. The molecule has 1 atom stereocenters. The molecule has 0 bridgehead atoms. The lowest BCUT2D eigenvalue weighted by Gasteiger charge is -2.07. The van der Waals surface area contributed by atoms with Crippen molar-refractivity contribution in [2.24, 2.45) is 0 Å². The van der Waals surface area contributed by atoms with E-state index in [2.05, 4.69) is 6.92 Å². The van der Waals surface area contributed by atoms with Gasteiger partial charge in [0.05, 0.1) is 6.61 Å². The molecule has 5 heteroatoms. The van der Waals surface area contributed by atoms with Crippen molar-refractivity contribution < 1.29 is 17.7 Å². The Morgan fingerprint density at radius 3 is 1.32 bits per heavy atom. The van der Waals surface area contributed by atoms with E-state index >= 15 is 0 Å². The molecule has 1 N–H and O–H groups in total. The van der Waals surface area contributed by atoms with Crippen molar-refractivity contribution >= 4 is 10.1 Å². The standard InChI is InChI=1S/C20H42O4S/c1-3-4-5-6-7-8-9-10-11-12-13-14-15-16-17-18-19-24-25(22,23)20(2)21/h20-21H,3-19H2,1-2H3. The van der Waals surface area contributed by atoms with E-state index in [1.807, 2.05) is 0 Å². The van der Waals surface area contributed by atoms with E-state index in [9.17, 15) is 8.42 Å². The fourth-order valence-corrected chi connectivity index (χ4v) is 3.47. The van der Waals surface area contributed by atoms with E-state index in [4.69, 9.17) is 9.29 Å². The van der Waals surface area contributed by atoms with Gasteiger partial charge < -0.3 is 5.11 Å². The Kier molecular flexibility index (Phi) is 17.2. The van der Waals surface area contributed by atoms with Crippen LogP contribution in [0.3, 0.4) is 0 Å². The highest BCUT2D eigenvalue weighted by molar-refractivity contribution is 7.87. The van der Waals surface area contributed by atoms with E-state index in [0.29, 0.717) is 0 Å². The lowest BCUT2D eigenvalue weighted by Crippen LogP contribution is -2.20. The number of rotatable bonds is 19. The Hall–Kier alpha value is -0.130. The van der Waals surface area contributed by atoms with Gasteiger partial charge >= 0.3 is 0 Å². The molecule has 0 aromatic heterocycles. The average molecular weight is 379 g/mol. The largest absolute Gasteiger partial charge is 0.375 e. The molecule has 0 aliphatic heterocycles. The van der Waals surface area contributed by atoms with Crippen LogP contribution in [0.1, 0.15) is 117 Å². The third kappa shape index (κ3) is 17.1. The van der Waals surface area contributed by atoms with Crippen LogP contribution in [0.4, 0.5) is 0 Å². The molecule has 0 spiro atoms. The number of unbranched alkanes of at least 4 members (excludes halogenated alkanes) is 15. The molecule has 0 aliphatic rings. The summed E-state index contributed by atoms with van der Waals surface area (Å²) in [5.74, 6) is 0. The van der Waals surface area contributed by atoms with Gasteiger partial charge in [-0.3, -0.25) is 4.18 Å². The van der Waals surface area contributed by atoms with Crippen LogP contribution in [-0.2, 0) is 14.3 Å². The summed E-state index contributed by atoms with van der Waals surface area (Å²) in [6.45, 7) is 3.66. The zero-order chi connectivity index (χ0) is 18.8. The summed E-state index contributed by atoms with van der Waals surface area (Å²) in [4.78, 5) is 0. The molecule has 0 saturated carbocycles. The Morgan fingerprint density at radius 1 is 0.680 bits per heavy atom. The molecule has 0 radical (unpaired) electrons. The van der Waals surface area contributed by atoms with Crippen LogP contribution in [0.2, 0.25) is 0 Å². The van der Waals surface area contributed by atoms with Gasteiger partial charge in [-0.1, -0.05) is 103 Å².